The van der Waals surface area contributed by atoms with Crippen LogP contribution in [0.1, 0.15) is 30.4 Å². The molecule has 0 amide bonds. The number of nitrogens with one attached hydrogen (secondary N) is 1. The van der Waals surface area contributed by atoms with Gasteiger partial charge >= 0.3 is 6.18 Å². The number of alkyl halides is 3. The van der Waals surface area contributed by atoms with Crippen molar-refractivity contribution in [1.29, 1.82) is 0 Å². The normalized spacial score (nSPS) is 24.4. The van der Waals surface area contributed by atoms with Crippen molar-refractivity contribution >= 4 is 0 Å². The first kappa shape index (κ1) is 14.3. The number of hydrogen-bond donors (Lipinski definition) is 2. The molecule has 1 unspecified atom stereocenters. The zero-order valence-corrected chi connectivity index (χ0v) is 10.7. The molecule has 5 heteroatoms. The molecule has 1 aromatic carbocycles. The second-order valence-corrected chi connectivity index (χ2v) is 5.12. The van der Waals surface area contributed by atoms with Crippen molar-refractivity contribution in [1.82, 2.24) is 0 Å². The summed E-state index contributed by atoms with van der Waals surface area (Å²) in [6, 6.07) is 5.80. The molecule has 0 saturated carbocycles. The Morgan fingerprint density at radius 2 is 1.95 bits per heavy atom. The van der Waals surface area contributed by atoms with E-state index in [1.165, 1.54) is 6.07 Å². The lowest BCUT2D eigenvalue weighted by Gasteiger charge is -2.32. The molecule has 0 spiro atoms. The molecule has 2 atom stereocenters. The first-order valence-corrected chi connectivity index (χ1v) is 6.63. The molecule has 1 aliphatic heterocycles. The molecule has 1 heterocycles. The molecule has 2 nitrogen and oxygen atoms in total. The summed E-state index contributed by atoms with van der Waals surface area (Å²) in [5.74, 6) is 0. The molecular weight excluding hydrogens is 255 g/mol. The van der Waals surface area contributed by atoms with Crippen molar-refractivity contribution in [2.45, 2.75) is 38.0 Å². The molecule has 0 radical (unpaired) electrons. The monoisotopic (exact) mass is 274 g/mol. The largest absolute Gasteiger partial charge is 0.416 e. The van der Waals surface area contributed by atoms with E-state index >= 15 is 0 Å². The highest BCUT2D eigenvalue weighted by Gasteiger charge is 2.35. The lowest BCUT2D eigenvalue weighted by atomic mass is 10.00. The average Bonchev–Trinajstić information content (AvgIpc) is 2.39. The topological polar surface area (TPSA) is 24.7 Å². The van der Waals surface area contributed by atoms with Crippen LogP contribution in [0.3, 0.4) is 0 Å². The zero-order valence-electron chi connectivity index (χ0n) is 10.7. The van der Waals surface area contributed by atoms with Gasteiger partial charge in [-0.25, -0.2) is 0 Å². The first-order valence-electron chi connectivity index (χ1n) is 6.63. The minimum absolute atomic E-state index is 0.0452. The maximum atomic E-state index is 12.9. The number of benzene rings is 1. The summed E-state index contributed by atoms with van der Waals surface area (Å²) in [6.07, 6.45) is -1.35. The predicted octanol–water partition coefficient (Wildman–Crippen LogP) is 1.64. The van der Waals surface area contributed by atoms with Crippen LogP contribution >= 0.6 is 0 Å². The van der Waals surface area contributed by atoms with Gasteiger partial charge in [-0.15, -0.1) is 0 Å². The van der Waals surface area contributed by atoms with Gasteiger partial charge in [0.15, 0.2) is 0 Å². The maximum Gasteiger partial charge on any atom is 0.416 e. The van der Waals surface area contributed by atoms with Crippen molar-refractivity contribution in [3.63, 3.8) is 0 Å². The molecule has 0 aromatic heterocycles. The Labute approximate surface area is 110 Å². The zero-order chi connectivity index (χ0) is 13.9. The number of rotatable bonds is 3. The van der Waals surface area contributed by atoms with Gasteiger partial charge in [0.05, 0.1) is 18.7 Å². The highest BCUT2D eigenvalue weighted by atomic mass is 19.4. The van der Waals surface area contributed by atoms with Gasteiger partial charge in [-0.2, -0.15) is 13.2 Å². The third kappa shape index (κ3) is 3.48. The van der Waals surface area contributed by atoms with Gasteiger partial charge in [0, 0.05) is 12.0 Å². The Hall–Kier alpha value is -1.07. The minimum Gasteiger partial charge on any atom is -0.390 e. The Balaban J connectivity index is 2.18. The smallest absolute Gasteiger partial charge is 0.390 e. The number of aliphatic hydroxyl groups excluding tert-OH is 1. The third-order valence-electron chi connectivity index (χ3n) is 3.84. The van der Waals surface area contributed by atoms with Gasteiger partial charge in [0.2, 0.25) is 0 Å². The van der Waals surface area contributed by atoms with Gasteiger partial charge in [-0.3, -0.25) is 0 Å². The summed E-state index contributed by atoms with van der Waals surface area (Å²) in [5, 5.41) is 9.33. The summed E-state index contributed by atoms with van der Waals surface area (Å²) in [7, 11) is 0. The van der Waals surface area contributed by atoms with Gasteiger partial charge in [0.1, 0.15) is 12.6 Å². The maximum absolute atomic E-state index is 12.9. The molecule has 1 fully saturated rings. The van der Waals surface area contributed by atoms with E-state index in [1.807, 2.05) is 0 Å². The second kappa shape index (κ2) is 5.92. The molecule has 2 N–H and O–H groups in total. The van der Waals surface area contributed by atoms with E-state index in [-0.39, 0.29) is 12.6 Å². The summed E-state index contributed by atoms with van der Waals surface area (Å²) in [5.41, 5.74) is -0.227. The van der Waals surface area contributed by atoms with Gasteiger partial charge in [0.25, 0.3) is 0 Å². The SMILES string of the molecule is OC[C@@H]1CCCC[NH+]1Cc1ccccc1C(F)(F)F. The molecule has 1 saturated heterocycles. The Bertz CT molecular complexity index is 419. The van der Waals surface area contributed by atoms with E-state index in [9.17, 15) is 18.3 Å². The molecule has 0 aliphatic carbocycles. The van der Waals surface area contributed by atoms with E-state index < -0.39 is 11.7 Å². The highest BCUT2D eigenvalue weighted by molar-refractivity contribution is 5.28. The molecule has 0 bridgehead atoms. The number of likely N-dealkylation sites (tertiary alicyclic amines) is 1. The first-order chi connectivity index (χ1) is 9.02. The number of piperidine rings is 1. The molecule has 1 aliphatic rings. The van der Waals surface area contributed by atoms with Crippen molar-refractivity contribution in [2.24, 2.45) is 0 Å². The highest BCUT2D eigenvalue weighted by Crippen LogP contribution is 2.31. The van der Waals surface area contributed by atoms with Crippen molar-refractivity contribution in [2.75, 3.05) is 13.2 Å². The fourth-order valence-electron chi connectivity index (χ4n) is 2.80. The predicted molar refractivity (Wildman–Crippen MR) is 65.7 cm³/mol. The lowest BCUT2D eigenvalue weighted by Crippen LogP contribution is -3.16. The fourth-order valence-corrected chi connectivity index (χ4v) is 2.80. The Morgan fingerprint density at radius 3 is 2.63 bits per heavy atom. The molecular formula is C14H19F3NO+. The van der Waals surface area contributed by atoms with Crippen LogP contribution in [0.15, 0.2) is 24.3 Å². The Kier molecular flexibility index (Phi) is 4.47. The van der Waals surface area contributed by atoms with Gasteiger partial charge in [-0.1, -0.05) is 18.2 Å². The van der Waals surface area contributed by atoms with E-state index in [1.54, 1.807) is 12.1 Å². The molecule has 2 rings (SSSR count). The summed E-state index contributed by atoms with van der Waals surface area (Å²) < 4.78 is 38.8. The summed E-state index contributed by atoms with van der Waals surface area (Å²) >= 11 is 0. The number of hydrogen-bond acceptors (Lipinski definition) is 1. The van der Waals surface area contributed by atoms with Gasteiger partial charge in [-0.05, 0) is 18.9 Å². The van der Waals surface area contributed by atoms with Crippen LogP contribution in [0.2, 0.25) is 0 Å². The van der Waals surface area contributed by atoms with E-state index in [4.69, 9.17) is 0 Å². The lowest BCUT2D eigenvalue weighted by molar-refractivity contribution is -0.944. The molecule has 1 aromatic rings. The van der Waals surface area contributed by atoms with Crippen LogP contribution < -0.4 is 4.90 Å². The van der Waals surface area contributed by atoms with Crippen LogP contribution in [-0.4, -0.2) is 24.3 Å². The van der Waals surface area contributed by atoms with E-state index in [0.717, 1.165) is 36.8 Å². The summed E-state index contributed by atoms with van der Waals surface area (Å²) in [4.78, 5) is 1.06. The van der Waals surface area contributed by atoms with E-state index in [0.29, 0.717) is 12.1 Å². The van der Waals surface area contributed by atoms with Crippen LogP contribution in [0.5, 0.6) is 0 Å². The van der Waals surface area contributed by atoms with Gasteiger partial charge < -0.3 is 10.0 Å². The van der Waals surface area contributed by atoms with E-state index in [2.05, 4.69) is 0 Å². The standard InChI is InChI=1S/C14H18F3NO/c15-14(16,17)13-7-2-1-5-11(13)9-18-8-4-3-6-12(18)10-19/h1-2,5,7,12,19H,3-4,6,8-10H2/p+1/t12-/m0/s1. The van der Waals surface area contributed by atoms with Crippen molar-refractivity contribution in [3.8, 4) is 0 Å². The van der Waals surface area contributed by atoms with Crippen molar-refractivity contribution < 1.29 is 23.2 Å². The summed E-state index contributed by atoms with van der Waals surface area (Å²) in [6.45, 7) is 1.21. The van der Waals surface area contributed by atoms with Crippen LogP contribution in [-0.2, 0) is 12.7 Å². The number of halogens is 3. The third-order valence-corrected chi connectivity index (χ3v) is 3.84. The number of aliphatic hydroxyl groups is 1. The Morgan fingerprint density at radius 1 is 1.21 bits per heavy atom. The fraction of sp³-hybridized carbons (Fsp3) is 0.571. The number of quaternary nitrogens is 1. The quantitative estimate of drug-likeness (QED) is 0.860. The second-order valence-electron chi connectivity index (χ2n) is 5.12. The van der Waals surface area contributed by atoms with Crippen LogP contribution in [0, 0.1) is 0 Å². The average molecular weight is 274 g/mol. The van der Waals surface area contributed by atoms with Crippen LogP contribution in [0.4, 0.5) is 13.2 Å². The molecule has 106 valence electrons. The van der Waals surface area contributed by atoms with Crippen LogP contribution in [0.25, 0.3) is 0 Å². The van der Waals surface area contributed by atoms with Crippen molar-refractivity contribution in [3.05, 3.63) is 35.4 Å². The minimum atomic E-state index is -4.31. The molecule has 19 heavy (non-hydrogen) atoms.